The third-order valence-corrected chi connectivity index (χ3v) is 4.14. The Bertz CT molecular complexity index is 676. The molecule has 0 aliphatic rings. The van der Waals surface area contributed by atoms with Gasteiger partial charge in [-0.05, 0) is 41.1 Å². The van der Waals surface area contributed by atoms with Crippen LogP contribution >= 0.6 is 15.9 Å². The zero-order valence-electron chi connectivity index (χ0n) is 11.6. The molecule has 1 aromatic carbocycles. The molecule has 0 bridgehead atoms. The van der Waals surface area contributed by atoms with Gasteiger partial charge in [0.1, 0.15) is 17.3 Å². The SMILES string of the molecule is C[C@@](CN)(c1ccc(F)cc1F)C(F)(F)c1ccc(Br)cn1. The summed E-state index contributed by atoms with van der Waals surface area (Å²) >= 11 is 3.11. The van der Waals surface area contributed by atoms with Gasteiger partial charge < -0.3 is 5.73 Å². The number of nitrogens with zero attached hydrogens (tertiary/aromatic N) is 1. The quantitative estimate of drug-likeness (QED) is 0.814. The zero-order chi connectivity index (χ0) is 16.5. The Kier molecular flexibility index (Phi) is 4.58. The second-order valence-electron chi connectivity index (χ2n) is 5.10. The first-order chi connectivity index (χ1) is 10.2. The van der Waals surface area contributed by atoms with Crippen LogP contribution in [0.1, 0.15) is 18.2 Å². The molecule has 7 heteroatoms. The average molecular weight is 377 g/mol. The standard InChI is InChI=1S/C15H13BrF4N2/c1-14(8-21,11-4-3-10(17)6-12(11)18)15(19,20)13-5-2-9(16)7-22-13/h2-7H,8,21H2,1H3/t14-/m1/s1. The molecular weight excluding hydrogens is 364 g/mol. The molecule has 1 heterocycles. The highest BCUT2D eigenvalue weighted by molar-refractivity contribution is 9.10. The molecular formula is C15H13BrF4N2. The van der Waals surface area contributed by atoms with E-state index in [2.05, 4.69) is 20.9 Å². The van der Waals surface area contributed by atoms with Gasteiger partial charge in [-0.3, -0.25) is 4.98 Å². The van der Waals surface area contributed by atoms with E-state index in [0.717, 1.165) is 25.1 Å². The zero-order valence-corrected chi connectivity index (χ0v) is 13.2. The molecule has 0 saturated carbocycles. The highest BCUT2D eigenvalue weighted by Gasteiger charge is 2.53. The Hall–Kier alpha value is -1.47. The minimum Gasteiger partial charge on any atom is -0.329 e. The molecule has 1 atom stereocenters. The Balaban J connectivity index is 2.59. The Labute approximate surface area is 133 Å². The van der Waals surface area contributed by atoms with Gasteiger partial charge in [-0.15, -0.1) is 0 Å². The maximum atomic E-state index is 14.9. The van der Waals surface area contributed by atoms with Crippen molar-refractivity contribution >= 4 is 15.9 Å². The van der Waals surface area contributed by atoms with Crippen LogP contribution in [-0.2, 0) is 11.3 Å². The van der Waals surface area contributed by atoms with E-state index in [1.54, 1.807) is 0 Å². The number of pyridine rings is 1. The van der Waals surface area contributed by atoms with E-state index < -0.39 is 35.2 Å². The first-order valence-corrected chi connectivity index (χ1v) is 7.17. The van der Waals surface area contributed by atoms with Gasteiger partial charge in [0.15, 0.2) is 0 Å². The molecule has 0 spiro atoms. The second-order valence-corrected chi connectivity index (χ2v) is 6.01. The van der Waals surface area contributed by atoms with Crippen LogP contribution < -0.4 is 5.73 Å². The Morgan fingerprint density at radius 3 is 2.36 bits per heavy atom. The van der Waals surface area contributed by atoms with E-state index >= 15 is 0 Å². The summed E-state index contributed by atoms with van der Waals surface area (Å²) in [5.74, 6) is -5.45. The minimum absolute atomic E-state index is 0.355. The third-order valence-electron chi connectivity index (χ3n) is 3.68. The number of aromatic nitrogens is 1. The summed E-state index contributed by atoms with van der Waals surface area (Å²) in [7, 11) is 0. The van der Waals surface area contributed by atoms with Gasteiger partial charge in [-0.1, -0.05) is 6.07 Å². The maximum Gasteiger partial charge on any atom is 0.300 e. The van der Waals surface area contributed by atoms with E-state index in [9.17, 15) is 17.6 Å². The monoisotopic (exact) mass is 376 g/mol. The van der Waals surface area contributed by atoms with E-state index in [1.807, 2.05) is 0 Å². The molecule has 0 unspecified atom stereocenters. The normalized spacial score (nSPS) is 14.7. The molecule has 2 nitrogen and oxygen atoms in total. The van der Waals surface area contributed by atoms with Crippen molar-refractivity contribution in [2.75, 3.05) is 6.54 Å². The van der Waals surface area contributed by atoms with Crippen molar-refractivity contribution < 1.29 is 17.6 Å². The number of hydrogen-bond donors (Lipinski definition) is 1. The Morgan fingerprint density at radius 2 is 1.86 bits per heavy atom. The number of benzene rings is 1. The van der Waals surface area contributed by atoms with Crippen molar-refractivity contribution in [3.63, 3.8) is 0 Å². The first kappa shape index (κ1) is 16.9. The molecule has 0 saturated heterocycles. The van der Waals surface area contributed by atoms with Gasteiger partial charge in [0.25, 0.3) is 5.92 Å². The number of halogens is 5. The summed E-state index contributed by atoms with van der Waals surface area (Å²) in [6.45, 7) is 0.591. The van der Waals surface area contributed by atoms with Crippen LogP contribution in [0.15, 0.2) is 41.0 Å². The second kappa shape index (κ2) is 5.96. The van der Waals surface area contributed by atoms with E-state index in [-0.39, 0.29) is 5.56 Å². The summed E-state index contributed by atoms with van der Waals surface area (Å²) in [6, 6.07) is 5.03. The highest BCUT2D eigenvalue weighted by Crippen LogP contribution is 2.46. The van der Waals surface area contributed by atoms with E-state index in [1.165, 1.54) is 12.3 Å². The van der Waals surface area contributed by atoms with Crippen molar-refractivity contribution in [2.24, 2.45) is 5.73 Å². The lowest BCUT2D eigenvalue weighted by molar-refractivity contribution is -0.0813. The van der Waals surface area contributed by atoms with E-state index in [0.29, 0.717) is 10.5 Å². The van der Waals surface area contributed by atoms with Crippen LogP contribution in [0.3, 0.4) is 0 Å². The predicted molar refractivity (Wildman–Crippen MR) is 78.6 cm³/mol. The van der Waals surface area contributed by atoms with Crippen LogP contribution in [0.4, 0.5) is 17.6 Å². The van der Waals surface area contributed by atoms with Crippen LogP contribution in [0, 0.1) is 11.6 Å². The molecule has 1 aromatic heterocycles. The molecule has 0 radical (unpaired) electrons. The molecule has 118 valence electrons. The molecule has 2 rings (SSSR count). The molecule has 0 fully saturated rings. The lowest BCUT2D eigenvalue weighted by Crippen LogP contribution is -2.47. The minimum atomic E-state index is -3.54. The fraction of sp³-hybridized carbons (Fsp3) is 0.267. The largest absolute Gasteiger partial charge is 0.329 e. The van der Waals surface area contributed by atoms with Gasteiger partial charge in [0, 0.05) is 28.8 Å². The first-order valence-electron chi connectivity index (χ1n) is 6.38. The maximum absolute atomic E-state index is 14.9. The van der Waals surface area contributed by atoms with Crippen molar-refractivity contribution in [3.8, 4) is 0 Å². The third kappa shape index (κ3) is 2.75. The number of rotatable bonds is 4. The van der Waals surface area contributed by atoms with Crippen LogP contribution in [0.25, 0.3) is 0 Å². The van der Waals surface area contributed by atoms with Crippen molar-refractivity contribution in [1.82, 2.24) is 4.98 Å². The van der Waals surface area contributed by atoms with Crippen LogP contribution in [-0.4, -0.2) is 11.5 Å². The van der Waals surface area contributed by atoms with Gasteiger partial charge >= 0.3 is 0 Å². The topological polar surface area (TPSA) is 38.9 Å². The van der Waals surface area contributed by atoms with Crippen molar-refractivity contribution in [2.45, 2.75) is 18.3 Å². The van der Waals surface area contributed by atoms with Crippen LogP contribution in [0.2, 0.25) is 0 Å². The summed E-state index contributed by atoms with van der Waals surface area (Å²) in [5, 5.41) is 0. The summed E-state index contributed by atoms with van der Waals surface area (Å²) in [5.41, 5.74) is 2.57. The van der Waals surface area contributed by atoms with Gasteiger partial charge in [-0.25, -0.2) is 8.78 Å². The summed E-state index contributed by atoms with van der Waals surface area (Å²) in [4.78, 5) is 3.69. The number of alkyl halides is 2. The lowest BCUT2D eigenvalue weighted by atomic mass is 9.75. The fourth-order valence-electron chi connectivity index (χ4n) is 2.19. The van der Waals surface area contributed by atoms with Gasteiger partial charge in [0.05, 0.1) is 5.41 Å². The fourth-order valence-corrected chi connectivity index (χ4v) is 2.42. The molecule has 22 heavy (non-hydrogen) atoms. The number of nitrogens with two attached hydrogens (primary N) is 1. The van der Waals surface area contributed by atoms with Crippen molar-refractivity contribution in [3.05, 3.63) is 63.9 Å². The number of hydrogen-bond acceptors (Lipinski definition) is 2. The van der Waals surface area contributed by atoms with Crippen molar-refractivity contribution in [1.29, 1.82) is 0 Å². The molecule has 0 aliphatic heterocycles. The van der Waals surface area contributed by atoms with Gasteiger partial charge in [-0.2, -0.15) is 8.78 Å². The molecule has 0 amide bonds. The van der Waals surface area contributed by atoms with Gasteiger partial charge in [0.2, 0.25) is 0 Å². The highest BCUT2D eigenvalue weighted by atomic mass is 79.9. The molecule has 2 aromatic rings. The lowest BCUT2D eigenvalue weighted by Gasteiger charge is -2.36. The predicted octanol–water partition coefficient (Wildman–Crippen LogP) is 4.13. The summed E-state index contributed by atoms with van der Waals surface area (Å²) in [6.07, 6.45) is 1.22. The molecule has 2 N–H and O–H groups in total. The summed E-state index contributed by atoms with van der Waals surface area (Å²) < 4.78 is 57.3. The Morgan fingerprint density at radius 1 is 1.18 bits per heavy atom. The molecule has 0 aliphatic carbocycles. The average Bonchev–Trinajstić information content (AvgIpc) is 2.46. The van der Waals surface area contributed by atoms with E-state index in [4.69, 9.17) is 5.73 Å². The smallest absolute Gasteiger partial charge is 0.300 e. The van der Waals surface area contributed by atoms with Crippen LogP contribution in [0.5, 0.6) is 0 Å².